The zero-order valence-electron chi connectivity index (χ0n) is 21.0. The van der Waals surface area contributed by atoms with Gasteiger partial charge < -0.3 is 48.8 Å². The lowest BCUT2D eigenvalue weighted by Gasteiger charge is -2.08. The molecule has 0 aliphatic carbocycles. The molecule has 0 bridgehead atoms. The number of carbonyl (C=O) groups excluding carboxylic acids is 2. The van der Waals surface area contributed by atoms with Crippen LogP contribution in [-0.2, 0) is 47.5 Å². The molecule has 1 atom stereocenters. The zero-order valence-corrected chi connectivity index (χ0v) is 20.0. The van der Waals surface area contributed by atoms with Crippen molar-refractivity contribution in [2.45, 2.75) is 31.7 Å². The van der Waals surface area contributed by atoms with Crippen molar-refractivity contribution in [2.24, 2.45) is 0 Å². The van der Waals surface area contributed by atoms with Crippen LogP contribution in [0, 0.1) is 0 Å². The number of hydrogen-bond acceptors (Lipinski definition) is 10. The summed E-state index contributed by atoms with van der Waals surface area (Å²) in [6, 6.07) is 0. The highest BCUT2D eigenvalue weighted by molar-refractivity contribution is 5.56. The standard InChI is InChI=1S/2C4H10O3.C3H4F4O.C2HF3O.C2H4O2.FH.2H2O/c2*1-5-4(6-2)7-3;1-8-2(4)3(5,6)7;3-2(4,5)1-6;1-4-2-3;;;/h2*4H,1-3H3;2H,1H3;1H;2H,1H3;1H;2*1H2/p+1. The van der Waals surface area contributed by atoms with E-state index in [1.807, 2.05) is 0 Å². The van der Waals surface area contributed by atoms with Crippen LogP contribution in [0.25, 0.3) is 0 Å². The molecule has 0 aromatic heterocycles. The van der Waals surface area contributed by atoms with Crippen molar-refractivity contribution in [1.82, 2.24) is 0 Å². The summed E-state index contributed by atoms with van der Waals surface area (Å²) in [5.41, 5.74) is 0. The van der Waals surface area contributed by atoms with Crippen LogP contribution >= 0.6 is 0 Å². The molecule has 0 saturated heterocycles. The summed E-state index contributed by atoms with van der Waals surface area (Å²) in [5.74, 6) is 0. The molecule has 35 heavy (non-hydrogen) atoms. The number of halogens is 8. The van der Waals surface area contributed by atoms with Crippen molar-refractivity contribution in [3.05, 3.63) is 0 Å². The van der Waals surface area contributed by atoms with E-state index in [0.717, 1.165) is 0 Å². The van der Waals surface area contributed by atoms with Gasteiger partial charge in [0.2, 0.25) is 6.29 Å². The van der Waals surface area contributed by atoms with Crippen molar-refractivity contribution in [1.29, 1.82) is 0 Å². The summed E-state index contributed by atoms with van der Waals surface area (Å²) in [5, 5.41) is 0. The molecule has 0 amide bonds. The number of rotatable bonds is 8. The molecule has 222 valence electrons. The third kappa shape index (κ3) is 59.6. The molecule has 20 heteroatoms. The molecule has 1 unspecified atom stereocenters. The fourth-order valence-electron chi connectivity index (χ4n) is 0.711. The molecule has 0 aliphatic rings. The number of hydrogen-bond donors (Lipinski definition) is 0. The van der Waals surface area contributed by atoms with Crippen molar-refractivity contribution in [3.63, 3.8) is 0 Å². The lowest BCUT2D eigenvalue weighted by atomic mass is 10.7. The van der Waals surface area contributed by atoms with E-state index in [9.17, 15) is 30.7 Å². The van der Waals surface area contributed by atoms with Gasteiger partial charge in [-0.05, 0) is 0 Å². The average Bonchev–Trinajstić information content (AvgIpc) is 2.76. The van der Waals surface area contributed by atoms with Crippen molar-refractivity contribution < 1.29 is 95.3 Å². The quantitative estimate of drug-likeness (QED) is 0.238. The van der Waals surface area contributed by atoms with Gasteiger partial charge in [0.15, 0.2) is 0 Å². The second kappa shape index (κ2) is 36.8. The first-order valence-electron chi connectivity index (χ1n) is 7.55. The molecule has 0 aliphatic heterocycles. The summed E-state index contributed by atoms with van der Waals surface area (Å²) >= 11 is 0. The summed E-state index contributed by atoms with van der Waals surface area (Å²) in [6.45, 7) is -0.653. The van der Waals surface area contributed by atoms with Crippen LogP contribution in [0.4, 0.5) is 35.4 Å². The Balaban J connectivity index is -0.0000000356. The van der Waals surface area contributed by atoms with Crippen molar-refractivity contribution in [3.8, 4) is 0 Å². The van der Waals surface area contributed by atoms with Gasteiger partial charge in [-0.25, -0.2) is 4.39 Å². The molecule has 0 rings (SSSR count). The third-order valence-corrected chi connectivity index (χ3v) is 1.85. The van der Waals surface area contributed by atoms with Gasteiger partial charge in [-0.15, -0.1) is 0 Å². The maximum Gasteiger partial charge on any atom is 1.00 e. The van der Waals surface area contributed by atoms with Crippen LogP contribution in [-0.4, -0.2) is 112 Å². The fraction of sp³-hybridized carbons (Fsp3) is 0.867. The lowest BCUT2D eigenvalue weighted by molar-refractivity contribution is -0.256. The number of carbonyl (C=O) groups is 2. The first-order valence-corrected chi connectivity index (χ1v) is 7.55. The largest absolute Gasteiger partial charge is 1.00 e. The first kappa shape index (κ1) is 54.2. The monoisotopic (exact) mass is 559 g/mol. The van der Waals surface area contributed by atoms with E-state index in [1.165, 1.54) is 49.8 Å². The number of aldehydes is 1. The Hall–Kier alpha value is -1.78. The van der Waals surface area contributed by atoms with Crippen LogP contribution in [0.2, 0.25) is 0 Å². The normalized spacial score (nSPS) is 10.3. The maximum atomic E-state index is 11.3. The average molecular weight is 559 g/mol. The number of methoxy groups -OCH3 is 8. The third-order valence-electron chi connectivity index (χ3n) is 1.85. The maximum absolute atomic E-state index is 11.3. The molecule has 4 N–H and O–H groups in total. The minimum atomic E-state index is -4.88. The van der Waals surface area contributed by atoms with E-state index in [4.69, 9.17) is 9.59 Å². The lowest BCUT2D eigenvalue weighted by Crippen LogP contribution is -2.25. The highest BCUT2D eigenvalue weighted by Gasteiger charge is 2.40. The predicted molar refractivity (Wildman–Crippen MR) is 104 cm³/mol. The number of ether oxygens (including phenoxy) is 8. The molecular formula is C15H35F8O12+. The van der Waals surface area contributed by atoms with Crippen LogP contribution in [0.3, 0.4) is 0 Å². The smallest absolute Gasteiger partial charge is 0.471 e. The Bertz CT molecular complexity index is 366. The molecule has 0 aromatic rings. The van der Waals surface area contributed by atoms with Gasteiger partial charge >= 0.3 is 13.8 Å². The van der Waals surface area contributed by atoms with E-state index in [2.05, 4.69) is 37.9 Å². The summed E-state index contributed by atoms with van der Waals surface area (Å²) in [6.07, 6.45) is -13.7. The molecule has 0 spiro atoms. The van der Waals surface area contributed by atoms with Crippen LogP contribution in [0.15, 0.2) is 0 Å². The van der Waals surface area contributed by atoms with Gasteiger partial charge in [-0.2, -0.15) is 26.3 Å². The predicted octanol–water partition coefficient (Wildman–Crippen LogP) is 1.06. The minimum absolute atomic E-state index is 0. The Kier molecular flexibility index (Phi) is 57.0. The minimum Gasteiger partial charge on any atom is -0.471 e. The Morgan fingerprint density at radius 3 is 0.829 bits per heavy atom. The van der Waals surface area contributed by atoms with E-state index < -0.39 is 37.9 Å². The highest BCUT2D eigenvalue weighted by atomic mass is 19.4. The van der Waals surface area contributed by atoms with Crippen LogP contribution in [0.1, 0.15) is 1.43 Å². The molecule has 0 aromatic carbocycles. The van der Waals surface area contributed by atoms with Crippen LogP contribution in [0.5, 0.6) is 0 Å². The molecule has 0 saturated carbocycles. The van der Waals surface area contributed by atoms with Crippen molar-refractivity contribution >= 4 is 12.8 Å². The van der Waals surface area contributed by atoms with E-state index in [1.54, 1.807) is 0 Å². The SMILES string of the molecule is COC(F)C(F)(F)F.COC(OC)OC.COC(OC)OC.COC=O.F.O.O.O=CC(F)(F)F.[H+]. The van der Waals surface area contributed by atoms with Gasteiger partial charge in [0.05, 0.1) is 7.11 Å². The molecular weight excluding hydrogens is 524 g/mol. The molecule has 12 nitrogen and oxygen atoms in total. The molecule has 0 radical (unpaired) electrons. The van der Waals surface area contributed by atoms with Gasteiger partial charge in [0, 0.05) is 49.8 Å². The summed E-state index contributed by atoms with van der Waals surface area (Å²) < 4.78 is 110. The van der Waals surface area contributed by atoms with Gasteiger partial charge in [-0.3, -0.25) is 14.3 Å². The topological polar surface area (TPSA) is 171 Å². The number of alkyl halides is 7. The van der Waals surface area contributed by atoms with Gasteiger partial charge in [0.25, 0.3) is 25.8 Å². The van der Waals surface area contributed by atoms with E-state index >= 15 is 0 Å². The fourth-order valence-corrected chi connectivity index (χ4v) is 0.711. The molecule has 0 fully saturated rings. The van der Waals surface area contributed by atoms with Gasteiger partial charge in [0.1, 0.15) is 0 Å². The van der Waals surface area contributed by atoms with E-state index in [0.29, 0.717) is 13.6 Å². The second-order valence-corrected chi connectivity index (χ2v) is 4.08. The Morgan fingerprint density at radius 2 is 0.829 bits per heavy atom. The summed E-state index contributed by atoms with van der Waals surface area (Å²) in [7, 11) is 11.0. The Labute approximate surface area is 197 Å². The first-order chi connectivity index (χ1) is 14.6. The Morgan fingerprint density at radius 1 is 0.629 bits per heavy atom. The second-order valence-electron chi connectivity index (χ2n) is 4.08. The van der Waals surface area contributed by atoms with E-state index in [-0.39, 0.29) is 17.1 Å². The van der Waals surface area contributed by atoms with Gasteiger partial charge in [-0.1, -0.05) is 0 Å². The van der Waals surface area contributed by atoms with Crippen molar-refractivity contribution in [2.75, 3.05) is 56.9 Å². The zero-order chi connectivity index (χ0) is 26.8. The highest BCUT2D eigenvalue weighted by Crippen LogP contribution is 2.22. The molecule has 0 heterocycles. The summed E-state index contributed by atoms with van der Waals surface area (Å²) in [4.78, 5) is 17.7. The van der Waals surface area contributed by atoms with Crippen LogP contribution < -0.4 is 0 Å².